The Labute approximate surface area is 171 Å². The average Bonchev–Trinajstić information content (AvgIpc) is 2.78. The van der Waals surface area contributed by atoms with Crippen LogP contribution >= 0.6 is 0 Å². The molecule has 1 saturated heterocycles. The zero-order valence-corrected chi connectivity index (χ0v) is 16.9. The molecule has 7 nitrogen and oxygen atoms in total. The van der Waals surface area contributed by atoms with Crippen LogP contribution in [0.15, 0.2) is 48.5 Å². The highest BCUT2D eigenvalue weighted by molar-refractivity contribution is 5.97. The molecule has 0 atom stereocenters. The van der Waals surface area contributed by atoms with Crippen molar-refractivity contribution >= 4 is 11.8 Å². The van der Waals surface area contributed by atoms with Gasteiger partial charge in [-0.05, 0) is 23.8 Å². The van der Waals surface area contributed by atoms with Gasteiger partial charge < -0.3 is 19.7 Å². The van der Waals surface area contributed by atoms with E-state index in [4.69, 9.17) is 9.47 Å². The van der Waals surface area contributed by atoms with E-state index in [1.54, 1.807) is 37.3 Å². The van der Waals surface area contributed by atoms with Gasteiger partial charge in [-0.1, -0.05) is 30.3 Å². The fourth-order valence-corrected chi connectivity index (χ4v) is 3.32. The molecule has 2 aromatic carbocycles. The first-order valence-corrected chi connectivity index (χ1v) is 9.65. The highest BCUT2D eigenvalue weighted by Crippen LogP contribution is 2.25. The Morgan fingerprint density at radius 1 is 0.966 bits per heavy atom. The number of hydrogen-bond donors (Lipinski definition) is 1. The minimum Gasteiger partial charge on any atom is -0.497 e. The number of rotatable bonds is 7. The second-order valence-corrected chi connectivity index (χ2v) is 6.90. The minimum absolute atomic E-state index is 0.0110. The van der Waals surface area contributed by atoms with E-state index >= 15 is 0 Å². The van der Waals surface area contributed by atoms with Gasteiger partial charge in [-0.15, -0.1) is 0 Å². The Hall–Kier alpha value is -3.06. The first-order valence-electron chi connectivity index (χ1n) is 9.65. The van der Waals surface area contributed by atoms with Crippen molar-refractivity contribution in [2.75, 3.05) is 46.9 Å². The van der Waals surface area contributed by atoms with E-state index in [2.05, 4.69) is 10.2 Å². The third-order valence-electron chi connectivity index (χ3n) is 5.00. The van der Waals surface area contributed by atoms with Crippen LogP contribution < -0.4 is 14.8 Å². The van der Waals surface area contributed by atoms with Gasteiger partial charge in [0.25, 0.3) is 5.91 Å². The second-order valence-electron chi connectivity index (χ2n) is 6.90. The van der Waals surface area contributed by atoms with Crippen molar-refractivity contribution in [1.29, 1.82) is 0 Å². The standard InChI is InChI=1S/C22H27N3O4/c1-28-18-8-9-20(29-2)19(14-18)22(27)25-12-10-24(11-13-25)16-21(26)23-15-17-6-4-3-5-7-17/h3-9,14H,10-13,15-16H2,1-2H3,(H,23,26). The van der Waals surface area contributed by atoms with E-state index in [1.165, 1.54) is 0 Å². The SMILES string of the molecule is COc1ccc(OC)c(C(=O)N2CCN(CC(=O)NCc3ccccc3)CC2)c1. The van der Waals surface area contributed by atoms with E-state index in [0.717, 1.165) is 5.56 Å². The number of hydrogen-bond acceptors (Lipinski definition) is 5. The predicted molar refractivity (Wildman–Crippen MR) is 110 cm³/mol. The predicted octanol–water partition coefficient (Wildman–Crippen LogP) is 1.78. The Balaban J connectivity index is 1.50. The van der Waals surface area contributed by atoms with Crippen molar-refractivity contribution in [3.8, 4) is 11.5 Å². The van der Waals surface area contributed by atoms with Gasteiger partial charge in [0, 0.05) is 32.7 Å². The molecule has 3 rings (SSSR count). The van der Waals surface area contributed by atoms with Gasteiger partial charge in [-0.25, -0.2) is 0 Å². The molecule has 1 N–H and O–H groups in total. The third-order valence-corrected chi connectivity index (χ3v) is 5.00. The smallest absolute Gasteiger partial charge is 0.257 e. The normalized spacial score (nSPS) is 14.3. The zero-order valence-electron chi connectivity index (χ0n) is 16.9. The van der Waals surface area contributed by atoms with Crippen LogP contribution in [0.3, 0.4) is 0 Å². The second kappa shape index (κ2) is 9.93. The molecule has 0 aromatic heterocycles. The zero-order chi connectivity index (χ0) is 20.6. The van der Waals surface area contributed by atoms with Crippen molar-refractivity contribution in [1.82, 2.24) is 15.1 Å². The maximum absolute atomic E-state index is 12.9. The molecular weight excluding hydrogens is 370 g/mol. The number of benzene rings is 2. The third kappa shape index (κ3) is 5.48. The summed E-state index contributed by atoms with van der Waals surface area (Å²) in [6.45, 7) is 3.27. The molecule has 1 fully saturated rings. The van der Waals surface area contributed by atoms with Crippen LogP contribution in [0.4, 0.5) is 0 Å². The van der Waals surface area contributed by atoms with Crippen molar-refractivity contribution in [2.24, 2.45) is 0 Å². The summed E-state index contributed by atoms with van der Waals surface area (Å²) in [4.78, 5) is 29.0. The molecular formula is C22H27N3O4. The maximum atomic E-state index is 12.9. The molecule has 0 unspecified atom stereocenters. The van der Waals surface area contributed by atoms with Crippen LogP contribution in [0.1, 0.15) is 15.9 Å². The van der Waals surface area contributed by atoms with Crippen molar-refractivity contribution in [3.05, 3.63) is 59.7 Å². The van der Waals surface area contributed by atoms with Gasteiger partial charge in [-0.3, -0.25) is 14.5 Å². The highest BCUT2D eigenvalue weighted by Gasteiger charge is 2.25. The molecule has 0 spiro atoms. The molecule has 0 saturated carbocycles. The number of carbonyl (C=O) groups excluding carboxylic acids is 2. The molecule has 7 heteroatoms. The van der Waals surface area contributed by atoms with Crippen molar-refractivity contribution in [3.63, 3.8) is 0 Å². The maximum Gasteiger partial charge on any atom is 0.257 e. The molecule has 0 bridgehead atoms. The van der Waals surface area contributed by atoms with E-state index in [9.17, 15) is 9.59 Å². The summed E-state index contributed by atoms with van der Waals surface area (Å²) >= 11 is 0. The van der Waals surface area contributed by atoms with E-state index in [0.29, 0.717) is 56.3 Å². The fourth-order valence-electron chi connectivity index (χ4n) is 3.32. The van der Waals surface area contributed by atoms with Gasteiger partial charge in [0.1, 0.15) is 11.5 Å². The monoisotopic (exact) mass is 397 g/mol. The first kappa shape index (κ1) is 20.7. The lowest BCUT2D eigenvalue weighted by molar-refractivity contribution is -0.122. The first-order chi connectivity index (χ1) is 14.1. The van der Waals surface area contributed by atoms with E-state index in [-0.39, 0.29) is 11.8 Å². The average molecular weight is 397 g/mol. The number of carbonyl (C=O) groups is 2. The summed E-state index contributed by atoms with van der Waals surface area (Å²) in [5, 5.41) is 2.94. The van der Waals surface area contributed by atoms with Crippen LogP contribution in [0.25, 0.3) is 0 Å². The lowest BCUT2D eigenvalue weighted by atomic mass is 10.1. The summed E-state index contributed by atoms with van der Waals surface area (Å²) in [6.07, 6.45) is 0. The van der Waals surface area contributed by atoms with Crippen LogP contribution in [0.2, 0.25) is 0 Å². The Morgan fingerprint density at radius 2 is 1.69 bits per heavy atom. The van der Waals surface area contributed by atoms with Crippen LogP contribution in [-0.4, -0.2) is 68.6 Å². The van der Waals surface area contributed by atoms with Gasteiger partial charge in [-0.2, -0.15) is 0 Å². The van der Waals surface area contributed by atoms with Gasteiger partial charge in [0.05, 0.1) is 26.3 Å². The summed E-state index contributed by atoms with van der Waals surface area (Å²) in [5.74, 6) is 1.04. The molecule has 1 aliphatic heterocycles. The Bertz CT molecular complexity index is 833. The summed E-state index contributed by atoms with van der Waals surface area (Å²) in [6, 6.07) is 15.0. The number of amides is 2. The number of methoxy groups -OCH3 is 2. The minimum atomic E-state index is -0.0890. The number of ether oxygens (including phenoxy) is 2. The molecule has 2 amide bonds. The number of piperazine rings is 1. The number of nitrogens with zero attached hydrogens (tertiary/aromatic N) is 2. The molecule has 1 aliphatic rings. The van der Waals surface area contributed by atoms with Gasteiger partial charge in [0.2, 0.25) is 5.91 Å². The Morgan fingerprint density at radius 3 is 2.34 bits per heavy atom. The van der Waals surface area contributed by atoms with Crippen molar-refractivity contribution in [2.45, 2.75) is 6.54 Å². The fraction of sp³-hybridized carbons (Fsp3) is 0.364. The van der Waals surface area contributed by atoms with Crippen molar-refractivity contribution < 1.29 is 19.1 Å². The lowest BCUT2D eigenvalue weighted by Crippen LogP contribution is -2.51. The summed E-state index contributed by atoms with van der Waals surface area (Å²) < 4.78 is 10.6. The summed E-state index contributed by atoms with van der Waals surface area (Å²) in [5.41, 5.74) is 1.56. The molecule has 154 valence electrons. The summed E-state index contributed by atoms with van der Waals surface area (Å²) in [7, 11) is 3.11. The topological polar surface area (TPSA) is 71.1 Å². The molecule has 29 heavy (non-hydrogen) atoms. The van der Waals surface area contributed by atoms with Crippen LogP contribution in [0.5, 0.6) is 11.5 Å². The van der Waals surface area contributed by atoms with Crippen LogP contribution in [-0.2, 0) is 11.3 Å². The number of nitrogens with one attached hydrogen (secondary N) is 1. The van der Waals surface area contributed by atoms with E-state index in [1.807, 2.05) is 30.3 Å². The molecule has 0 radical (unpaired) electrons. The van der Waals surface area contributed by atoms with Gasteiger partial charge >= 0.3 is 0 Å². The lowest BCUT2D eigenvalue weighted by Gasteiger charge is -2.34. The molecule has 2 aromatic rings. The Kier molecular flexibility index (Phi) is 7.08. The van der Waals surface area contributed by atoms with E-state index < -0.39 is 0 Å². The highest BCUT2D eigenvalue weighted by atomic mass is 16.5. The molecule has 1 heterocycles. The quantitative estimate of drug-likeness (QED) is 0.771. The molecule has 0 aliphatic carbocycles. The van der Waals surface area contributed by atoms with Crippen LogP contribution in [0, 0.1) is 0 Å². The van der Waals surface area contributed by atoms with Gasteiger partial charge in [0.15, 0.2) is 0 Å². The largest absolute Gasteiger partial charge is 0.497 e.